The molecule has 0 aromatic heterocycles. The van der Waals surface area contributed by atoms with Gasteiger partial charge in [0.15, 0.2) is 34.7 Å². The summed E-state index contributed by atoms with van der Waals surface area (Å²) in [5.41, 5.74) is 1.84. The quantitative estimate of drug-likeness (QED) is 0.224. The number of amides is 2. The van der Waals surface area contributed by atoms with Gasteiger partial charge in [-0.05, 0) is 55.9 Å². The Labute approximate surface area is 250 Å². The van der Waals surface area contributed by atoms with Crippen LogP contribution in [0.2, 0.25) is 0 Å². The Hall–Kier alpha value is -4.66. The molecule has 0 heterocycles. The average Bonchev–Trinajstić information content (AvgIpc) is 2.96. The number of anilines is 1. The fourth-order valence-corrected chi connectivity index (χ4v) is 6.98. The van der Waals surface area contributed by atoms with Gasteiger partial charge in [0.05, 0.1) is 42.3 Å². The third-order valence-electron chi connectivity index (χ3n) is 9.00. The van der Waals surface area contributed by atoms with E-state index in [9.17, 15) is 44.1 Å². The molecule has 0 bridgehead atoms. The second-order valence-electron chi connectivity index (χ2n) is 11.5. The van der Waals surface area contributed by atoms with Crippen LogP contribution in [0.1, 0.15) is 28.8 Å². The number of primary amides is 1. The molecule has 0 spiro atoms. The zero-order valence-corrected chi connectivity index (χ0v) is 24.1. The number of aromatic hydroxyl groups is 1. The summed E-state index contributed by atoms with van der Waals surface area (Å²) in [6.45, 7) is 1.58. The van der Waals surface area contributed by atoms with Crippen LogP contribution in [0.5, 0.6) is 17.2 Å². The van der Waals surface area contributed by atoms with Gasteiger partial charge in [0.1, 0.15) is 17.2 Å². The van der Waals surface area contributed by atoms with E-state index in [1.54, 1.807) is 19.1 Å². The van der Waals surface area contributed by atoms with Gasteiger partial charge in [0, 0.05) is 5.92 Å². The maximum absolute atomic E-state index is 14.0. The summed E-state index contributed by atoms with van der Waals surface area (Å²) in [7, 11) is 4.30. The van der Waals surface area contributed by atoms with Gasteiger partial charge in [-0.3, -0.25) is 34.2 Å². The lowest BCUT2D eigenvalue weighted by atomic mass is 9.49. The van der Waals surface area contributed by atoms with E-state index in [0.29, 0.717) is 5.75 Å². The van der Waals surface area contributed by atoms with Crippen molar-refractivity contribution in [2.75, 3.05) is 26.5 Å². The van der Waals surface area contributed by atoms with Crippen LogP contribution in [-0.4, -0.2) is 94.3 Å². The van der Waals surface area contributed by atoms with Gasteiger partial charge in [-0.15, -0.1) is 0 Å². The van der Waals surface area contributed by atoms with E-state index in [-0.39, 0.29) is 22.6 Å². The summed E-state index contributed by atoms with van der Waals surface area (Å²) in [5, 5.41) is 36.8. The number of nitrogens with two attached hydrogens (primary N) is 1. The number of likely N-dealkylation sites (N-methyl/N-ethyl adjacent to an activating group) is 1. The van der Waals surface area contributed by atoms with Crippen molar-refractivity contribution in [3.63, 3.8) is 0 Å². The van der Waals surface area contributed by atoms with Crippen molar-refractivity contribution in [2.45, 2.75) is 30.6 Å². The number of phenolic OH excluding ortho intramolecular Hbond substituents is 1. The first kappa shape index (κ1) is 30.8. The Balaban J connectivity index is 1.53. The molecule has 232 valence electrons. The minimum Gasteiger partial charge on any atom is -0.505 e. The van der Waals surface area contributed by atoms with Crippen LogP contribution in [-0.2, 0) is 19.2 Å². The summed E-state index contributed by atoms with van der Waals surface area (Å²) in [6.07, 6.45) is -2.76. The Bertz CT molecular complexity index is 1600. The summed E-state index contributed by atoms with van der Waals surface area (Å²) < 4.78 is 10.3. The second kappa shape index (κ2) is 10.8. The van der Waals surface area contributed by atoms with E-state index in [2.05, 4.69) is 5.32 Å². The van der Waals surface area contributed by atoms with Crippen LogP contribution in [0.4, 0.5) is 10.5 Å². The number of carbonyl (C=O) groups is 6. The molecular weight excluding hydrogens is 578 g/mol. The Morgan fingerprint density at radius 2 is 1.61 bits per heavy atom. The lowest BCUT2D eigenvalue weighted by Crippen LogP contribution is -2.77. The van der Waals surface area contributed by atoms with E-state index < -0.39 is 88.2 Å². The molecule has 3 aliphatic rings. The number of hydrogen-bond donors (Lipinski definition) is 5. The number of Topliss-reactive ketones (excluding diaryl/α,β-unsaturated/α-hetero) is 4. The van der Waals surface area contributed by atoms with E-state index in [0.717, 1.165) is 0 Å². The molecule has 6 N–H and O–H groups in total. The van der Waals surface area contributed by atoms with Crippen LogP contribution in [0.3, 0.4) is 0 Å². The average molecular weight is 610 g/mol. The number of phenols is 1. The molecule has 0 saturated heterocycles. The van der Waals surface area contributed by atoms with Gasteiger partial charge in [0.2, 0.25) is 5.91 Å². The van der Waals surface area contributed by atoms with Crippen molar-refractivity contribution in [2.24, 2.45) is 29.4 Å². The SMILES string of the molecule is COc1ccc(OC(=O)Nc2ccc3c(c2O)C(=O)C2C(=O)[C@@]4(O)C(=O)C(C(N)=O)C(=O)[C@H](N(C)C)[C@H]4[C@H](O)[C@H]2[C@@H]3C)cc1. The van der Waals surface area contributed by atoms with Gasteiger partial charge in [-0.1, -0.05) is 13.0 Å². The molecule has 14 nitrogen and oxygen atoms in total. The highest BCUT2D eigenvalue weighted by Gasteiger charge is 2.72. The monoisotopic (exact) mass is 609 g/mol. The first-order valence-corrected chi connectivity index (χ1v) is 13.7. The second-order valence-corrected chi connectivity index (χ2v) is 11.5. The van der Waals surface area contributed by atoms with Crippen LogP contribution >= 0.6 is 0 Å². The first-order valence-electron chi connectivity index (χ1n) is 13.7. The molecule has 2 saturated carbocycles. The molecular formula is C30H31N3O11. The molecule has 2 unspecified atom stereocenters. The fourth-order valence-electron chi connectivity index (χ4n) is 6.98. The third kappa shape index (κ3) is 4.36. The number of nitrogens with one attached hydrogen (secondary N) is 1. The number of ketones is 4. The molecule has 2 aromatic carbocycles. The van der Waals surface area contributed by atoms with Gasteiger partial charge >= 0.3 is 6.09 Å². The zero-order valence-electron chi connectivity index (χ0n) is 24.1. The molecule has 2 fully saturated rings. The first-order chi connectivity index (χ1) is 20.7. The van der Waals surface area contributed by atoms with Crippen LogP contribution in [0.15, 0.2) is 36.4 Å². The van der Waals surface area contributed by atoms with Crippen molar-refractivity contribution in [1.29, 1.82) is 0 Å². The predicted molar refractivity (Wildman–Crippen MR) is 150 cm³/mol. The number of rotatable bonds is 5. The maximum atomic E-state index is 14.0. The van der Waals surface area contributed by atoms with E-state index in [4.69, 9.17) is 15.2 Å². The van der Waals surface area contributed by atoms with Gasteiger partial charge in [0.25, 0.3) is 0 Å². The van der Waals surface area contributed by atoms with Crippen molar-refractivity contribution < 1.29 is 53.6 Å². The highest BCUT2D eigenvalue weighted by Crippen LogP contribution is 2.55. The Morgan fingerprint density at radius 1 is 1.00 bits per heavy atom. The molecule has 3 aliphatic carbocycles. The van der Waals surface area contributed by atoms with Crippen molar-refractivity contribution in [3.8, 4) is 17.2 Å². The van der Waals surface area contributed by atoms with Crippen molar-refractivity contribution >= 4 is 40.8 Å². The highest BCUT2D eigenvalue weighted by molar-refractivity contribution is 6.32. The number of aliphatic hydroxyl groups is 2. The number of benzene rings is 2. The third-order valence-corrected chi connectivity index (χ3v) is 9.00. The minimum atomic E-state index is -3.11. The largest absolute Gasteiger partial charge is 0.505 e. The topological polar surface area (TPSA) is 223 Å². The van der Waals surface area contributed by atoms with Crippen LogP contribution in [0, 0.1) is 23.7 Å². The number of methoxy groups -OCH3 is 1. The molecule has 5 rings (SSSR count). The van der Waals surface area contributed by atoms with Crippen LogP contribution < -0.4 is 20.5 Å². The maximum Gasteiger partial charge on any atom is 0.417 e. The molecule has 2 aromatic rings. The molecule has 0 aliphatic heterocycles. The number of aliphatic hydroxyl groups excluding tert-OH is 1. The standard InChI is InChI=1S/C30H31N3O11/c1-11-14-9-10-15(32-29(41)44-13-7-5-12(43-4)6-8-13)22(34)17(14)23(35)18-16(11)24(36)20-21(33(2)3)25(37)19(28(31)40)27(39)30(20,42)26(18)38/h5-11,16,18-21,24,34,36,42H,1-4H3,(H2,31,40)(H,32,41)/t11-,16+,18?,19?,20+,21-,24-,30-/m1/s1. The van der Waals surface area contributed by atoms with Crippen molar-refractivity contribution in [1.82, 2.24) is 4.90 Å². The molecule has 2 amide bonds. The predicted octanol–water partition coefficient (Wildman–Crippen LogP) is 0.0183. The fraction of sp³-hybridized carbons (Fsp3) is 0.400. The van der Waals surface area contributed by atoms with Gasteiger partial charge in [-0.25, -0.2) is 4.79 Å². The number of nitrogens with zero attached hydrogens (tertiary/aromatic N) is 1. The van der Waals surface area contributed by atoms with Crippen LogP contribution in [0.25, 0.3) is 0 Å². The molecule has 0 radical (unpaired) electrons. The normalized spacial score (nSPS) is 31.1. The molecule has 44 heavy (non-hydrogen) atoms. The summed E-state index contributed by atoms with van der Waals surface area (Å²) in [4.78, 5) is 80.7. The Morgan fingerprint density at radius 3 is 2.18 bits per heavy atom. The number of ether oxygens (including phenoxy) is 2. The zero-order chi connectivity index (χ0) is 32.4. The van der Waals surface area contributed by atoms with E-state index in [1.807, 2.05) is 0 Å². The van der Waals surface area contributed by atoms with E-state index >= 15 is 0 Å². The highest BCUT2D eigenvalue weighted by atomic mass is 16.6. The van der Waals surface area contributed by atoms with Crippen molar-refractivity contribution in [3.05, 3.63) is 47.5 Å². The summed E-state index contributed by atoms with van der Waals surface area (Å²) >= 11 is 0. The number of hydrogen-bond acceptors (Lipinski definition) is 12. The van der Waals surface area contributed by atoms with E-state index in [1.165, 1.54) is 50.4 Å². The number of fused-ring (bicyclic) bond motifs is 3. The molecule has 14 heteroatoms. The summed E-state index contributed by atoms with van der Waals surface area (Å²) in [5.74, 6) is -14.0. The van der Waals surface area contributed by atoms with Gasteiger partial charge < -0.3 is 30.5 Å². The lowest BCUT2D eigenvalue weighted by molar-refractivity contribution is -0.196. The summed E-state index contributed by atoms with van der Waals surface area (Å²) in [6, 6.07) is 7.34. The smallest absolute Gasteiger partial charge is 0.417 e. The Kier molecular flexibility index (Phi) is 7.56. The minimum absolute atomic E-state index is 0.152. The number of carbonyl (C=O) groups excluding carboxylic acids is 6. The van der Waals surface area contributed by atoms with Gasteiger partial charge in [-0.2, -0.15) is 0 Å². The lowest BCUT2D eigenvalue weighted by Gasteiger charge is -2.56. The molecule has 8 atom stereocenters.